The largest absolute Gasteiger partial charge is 0.439 e. The number of anilines is 1. The molecule has 7 nitrogen and oxygen atoms in total. The van der Waals surface area contributed by atoms with E-state index in [1.165, 1.54) is 0 Å². The number of nitrogens with one attached hydrogen (secondary N) is 1. The zero-order valence-corrected chi connectivity index (χ0v) is 15.3. The highest BCUT2D eigenvalue weighted by Crippen LogP contribution is 2.27. The zero-order valence-electron chi connectivity index (χ0n) is 15.3. The molecule has 0 saturated carbocycles. The smallest absolute Gasteiger partial charge is 0.250 e. The van der Waals surface area contributed by atoms with Crippen LogP contribution in [0.25, 0.3) is 11.3 Å². The van der Waals surface area contributed by atoms with E-state index in [1.54, 1.807) is 18.3 Å². The Hall–Kier alpha value is -3.45. The number of nitrogens with zero attached hydrogens (tertiary/aromatic N) is 3. The number of carbonyl (C=O) groups is 1. The van der Waals surface area contributed by atoms with Gasteiger partial charge in [-0.15, -0.1) is 0 Å². The fraction of sp³-hybridized carbons (Fsp3) is 0.190. The normalized spacial score (nSPS) is 13.9. The topological polar surface area (TPSA) is 93.4 Å². The number of piperazine rings is 1. The van der Waals surface area contributed by atoms with E-state index in [9.17, 15) is 4.79 Å². The van der Waals surface area contributed by atoms with Gasteiger partial charge in [0.2, 0.25) is 5.88 Å². The maximum Gasteiger partial charge on any atom is 0.250 e. The first kappa shape index (κ1) is 17.9. The number of rotatable bonds is 5. The van der Waals surface area contributed by atoms with Crippen molar-refractivity contribution in [2.75, 3.05) is 31.1 Å². The summed E-state index contributed by atoms with van der Waals surface area (Å²) in [6, 6.07) is 16.6. The molecule has 3 aromatic rings. The lowest BCUT2D eigenvalue weighted by atomic mass is 10.1. The summed E-state index contributed by atoms with van der Waals surface area (Å²) in [5.41, 5.74) is 7.18. The van der Waals surface area contributed by atoms with E-state index in [2.05, 4.69) is 15.2 Å². The zero-order chi connectivity index (χ0) is 19.3. The van der Waals surface area contributed by atoms with Crippen LogP contribution < -0.4 is 20.7 Å². The molecule has 4 rings (SSSR count). The average Bonchev–Trinajstić information content (AvgIpc) is 2.75. The number of hydrogen-bond donors (Lipinski definition) is 2. The van der Waals surface area contributed by atoms with E-state index in [4.69, 9.17) is 15.5 Å². The molecule has 7 heteroatoms. The summed E-state index contributed by atoms with van der Waals surface area (Å²) >= 11 is 0. The molecule has 1 aliphatic rings. The molecular weight excluding hydrogens is 354 g/mol. The number of benzene rings is 1. The van der Waals surface area contributed by atoms with Crippen LogP contribution in [-0.4, -0.2) is 42.1 Å². The molecule has 1 aliphatic heterocycles. The van der Waals surface area contributed by atoms with E-state index < -0.39 is 5.91 Å². The van der Waals surface area contributed by atoms with Crippen LogP contribution in [0.2, 0.25) is 0 Å². The van der Waals surface area contributed by atoms with Crippen LogP contribution in [-0.2, 0) is 0 Å². The number of primary amides is 1. The second kappa shape index (κ2) is 8.06. The van der Waals surface area contributed by atoms with E-state index in [1.807, 2.05) is 42.5 Å². The molecule has 2 aromatic heterocycles. The molecule has 0 unspecified atom stereocenters. The minimum atomic E-state index is -0.515. The molecule has 1 fully saturated rings. The number of carbonyl (C=O) groups excluding carboxylic acids is 1. The van der Waals surface area contributed by atoms with Crippen LogP contribution in [0.15, 0.2) is 60.8 Å². The molecule has 0 bridgehead atoms. The Morgan fingerprint density at radius 1 is 1.04 bits per heavy atom. The maximum atomic E-state index is 11.9. The highest BCUT2D eigenvalue weighted by atomic mass is 16.5. The van der Waals surface area contributed by atoms with E-state index in [0.29, 0.717) is 28.5 Å². The summed E-state index contributed by atoms with van der Waals surface area (Å²) in [4.78, 5) is 23.2. The number of pyridine rings is 2. The fourth-order valence-corrected chi connectivity index (χ4v) is 3.13. The third kappa shape index (κ3) is 3.94. The highest BCUT2D eigenvalue weighted by molar-refractivity contribution is 5.99. The van der Waals surface area contributed by atoms with Crippen molar-refractivity contribution in [1.82, 2.24) is 15.3 Å². The van der Waals surface area contributed by atoms with Crippen LogP contribution in [0.4, 0.5) is 5.82 Å². The van der Waals surface area contributed by atoms with Crippen LogP contribution in [0, 0.1) is 0 Å². The number of nitrogens with two attached hydrogens (primary N) is 1. The summed E-state index contributed by atoms with van der Waals surface area (Å²) in [7, 11) is 0. The maximum absolute atomic E-state index is 11.9. The van der Waals surface area contributed by atoms with Gasteiger partial charge in [0.25, 0.3) is 5.91 Å². The van der Waals surface area contributed by atoms with Crippen molar-refractivity contribution >= 4 is 11.7 Å². The van der Waals surface area contributed by atoms with Crippen molar-refractivity contribution in [1.29, 1.82) is 0 Å². The van der Waals surface area contributed by atoms with E-state index in [0.717, 1.165) is 32.0 Å². The highest BCUT2D eigenvalue weighted by Gasteiger charge is 2.17. The van der Waals surface area contributed by atoms with Gasteiger partial charge in [-0.3, -0.25) is 4.79 Å². The number of ether oxygens (including phenoxy) is 1. The van der Waals surface area contributed by atoms with Gasteiger partial charge in [0.1, 0.15) is 11.6 Å². The fourth-order valence-electron chi connectivity index (χ4n) is 3.13. The monoisotopic (exact) mass is 375 g/mol. The molecule has 0 radical (unpaired) electrons. The number of amides is 1. The predicted octanol–water partition coefficient (Wildman–Crippen LogP) is 2.44. The molecule has 142 valence electrons. The van der Waals surface area contributed by atoms with Crippen molar-refractivity contribution in [3.8, 4) is 22.9 Å². The quantitative estimate of drug-likeness (QED) is 0.711. The van der Waals surface area contributed by atoms with E-state index in [-0.39, 0.29) is 0 Å². The van der Waals surface area contributed by atoms with Crippen molar-refractivity contribution in [3.05, 3.63) is 66.4 Å². The lowest BCUT2D eigenvalue weighted by Gasteiger charge is -2.28. The number of hydrogen-bond acceptors (Lipinski definition) is 6. The van der Waals surface area contributed by atoms with Gasteiger partial charge in [0.15, 0.2) is 0 Å². The lowest BCUT2D eigenvalue weighted by Crippen LogP contribution is -2.44. The van der Waals surface area contributed by atoms with Crippen LogP contribution in [0.3, 0.4) is 0 Å². The first-order valence-electron chi connectivity index (χ1n) is 9.16. The summed E-state index contributed by atoms with van der Waals surface area (Å²) in [6.07, 6.45) is 1.65. The third-order valence-corrected chi connectivity index (χ3v) is 4.56. The second-order valence-corrected chi connectivity index (χ2v) is 6.47. The summed E-state index contributed by atoms with van der Waals surface area (Å²) < 4.78 is 5.73. The summed E-state index contributed by atoms with van der Waals surface area (Å²) in [6.45, 7) is 3.54. The lowest BCUT2D eigenvalue weighted by molar-refractivity contribution is 0.100. The molecule has 0 atom stereocenters. The van der Waals surface area contributed by atoms with Gasteiger partial charge in [-0.2, -0.15) is 0 Å². The van der Waals surface area contributed by atoms with E-state index >= 15 is 0 Å². The minimum absolute atomic E-state index is 0.373. The third-order valence-electron chi connectivity index (χ3n) is 4.56. The van der Waals surface area contributed by atoms with Gasteiger partial charge < -0.3 is 20.7 Å². The Bertz CT molecular complexity index is 954. The Labute approximate surface area is 163 Å². The van der Waals surface area contributed by atoms with Crippen molar-refractivity contribution < 1.29 is 9.53 Å². The van der Waals surface area contributed by atoms with Crippen molar-refractivity contribution in [2.45, 2.75) is 0 Å². The molecule has 28 heavy (non-hydrogen) atoms. The molecule has 1 saturated heterocycles. The second-order valence-electron chi connectivity index (χ2n) is 6.47. The SMILES string of the molecule is NC(=O)c1ccc(N2CCNCC2)nc1-c1ccc(Oc2ccccc2)nc1. The average molecular weight is 375 g/mol. The molecule has 0 aliphatic carbocycles. The Balaban J connectivity index is 1.63. The predicted molar refractivity (Wildman–Crippen MR) is 108 cm³/mol. The van der Waals surface area contributed by atoms with Crippen LogP contribution in [0.1, 0.15) is 10.4 Å². The van der Waals surface area contributed by atoms with Gasteiger partial charge in [-0.25, -0.2) is 9.97 Å². The van der Waals surface area contributed by atoms with Crippen LogP contribution in [0.5, 0.6) is 11.6 Å². The molecular formula is C21H21N5O2. The Morgan fingerprint density at radius 2 is 1.82 bits per heavy atom. The van der Waals surface area contributed by atoms with Gasteiger partial charge in [0.05, 0.1) is 11.3 Å². The Morgan fingerprint density at radius 3 is 2.50 bits per heavy atom. The standard InChI is InChI=1S/C21H21N5O2/c22-21(27)17-7-8-18(26-12-10-23-11-13-26)25-20(17)15-6-9-19(24-14-15)28-16-4-2-1-3-5-16/h1-9,14,23H,10-13H2,(H2,22,27). The summed E-state index contributed by atoms with van der Waals surface area (Å²) in [5, 5.41) is 3.32. The summed E-state index contributed by atoms with van der Waals surface area (Å²) in [5.74, 6) is 1.48. The van der Waals surface area contributed by atoms with Crippen LogP contribution >= 0.6 is 0 Å². The van der Waals surface area contributed by atoms with Gasteiger partial charge in [-0.05, 0) is 30.3 Å². The molecule has 3 N–H and O–H groups in total. The first-order chi connectivity index (χ1) is 13.7. The number of aromatic nitrogens is 2. The minimum Gasteiger partial charge on any atom is -0.439 e. The van der Waals surface area contributed by atoms with Gasteiger partial charge in [-0.1, -0.05) is 18.2 Å². The number of para-hydroxylation sites is 1. The molecule has 1 aromatic carbocycles. The van der Waals surface area contributed by atoms with Gasteiger partial charge in [0, 0.05) is 44.0 Å². The van der Waals surface area contributed by atoms with Gasteiger partial charge >= 0.3 is 0 Å². The molecule has 0 spiro atoms. The Kier molecular flexibility index (Phi) is 5.16. The van der Waals surface area contributed by atoms with Crippen molar-refractivity contribution in [2.24, 2.45) is 5.73 Å². The molecule has 1 amide bonds. The van der Waals surface area contributed by atoms with Crippen molar-refractivity contribution in [3.63, 3.8) is 0 Å². The first-order valence-corrected chi connectivity index (χ1v) is 9.16. The molecule has 3 heterocycles.